The van der Waals surface area contributed by atoms with Crippen LogP contribution in [0, 0.1) is 0 Å². The maximum absolute atomic E-state index is 13.1. The third-order valence-corrected chi connectivity index (χ3v) is 5.13. The first-order valence-corrected chi connectivity index (χ1v) is 11.5. The molecule has 0 aromatic heterocycles. The summed E-state index contributed by atoms with van der Waals surface area (Å²) in [5.74, 6) is 1.36. The predicted molar refractivity (Wildman–Crippen MR) is 127 cm³/mol. The monoisotopic (exact) mass is 497 g/mol. The van der Waals surface area contributed by atoms with Crippen LogP contribution in [0.5, 0.6) is 17.2 Å². The van der Waals surface area contributed by atoms with E-state index in [1.165, 1.54) is 4.90 Å². The van der Waals surface area contributed by atoms with Gasteiger partial charge in [0.15, 0.2) is 5.60 Å². The van der Waals surface area contributed by atoms with Crippen molar-refractivity contribution in [3.63, 3.8) is 0 Å². The van der Waals surface area contributed by atoms with Crippen molar-refractivity contribution in [1.29, 1.82) is 0 Å². The third kappa shape index (κ3) is 10.5. The first kappa shape index (κ1) is 28.3. The molecule has 0 atom stereocenters. The fraction of sp³-hybridized carbons (Fsp3) is 0.500. The molecule has 0 aliphatic carbocycles. The van der Waals surface area contributed by atoms with Gasteiger partial charge in [0.1, 0.15) is 17.2 Å². The number of ether oxygens (including phenoxy) is 4. The maximum Gasteiger partial charge on any atom is 0.401 e. The van der Waals surface area contributed by atoms with Crippen molar-refractivity contribution >= 4 is 5.97 Å². The second kappa shape index (κ2) is 13.2. The normalized spacial score (nSPS) is 11.9. The molecule has 0 heterocycles. The van der Waals surface area contributed by atoms with Crippen molar-refractivity contribution in [3.8, 4) is 17.2 Å². The van der Waals surface area contributed by atoms with Crippen LogP contribution < -0.4 is 14.2 Å². The molecule has 35 heavy (non-hydrogen) atoms. The van der Waals surface area contributed by atoms with E-state index in [9.17, 15) is 18.0 Å². The lowest BCUT2D eigenvalue weighted by Gasteiger charge is -2.25. The summed E-state index contributed by atoms with van der Waals surface area (Å²) in [7, 11) is 1.57. The fourth-order valence-corrected chi connectivity index (χ4v) is 3.33. The Morgan fingerprint density at radius 3 is 2.09 bits per heavy atom. The molecule has 2 aromatic carbocycles. The quantitative estimate of drug-likeness (QED) is 0.261. The van der Waals surface area contributed by atoms with E-state index >= 15 is 0 Å². The Balaban J connectivity index is 1.85. The number of rotatable bonds is 14. The van der Waals surface area contributed by atoms with Gasteiger partial charge in [-0.1, -0.05) is 12.1 Å². The molecule has 0 spiro atoms. The number of esters is 1. The van der Waals surface area contributed by atoms with Gasteiger partial charge in [-0.25, -0.2) is 4.79 Å². The lowest BCUT2D eigenvalue weighted by molar-refractivity contribution is -0.158. The zero-order valence-electron chi connectivity index (χ0n) is 20.7. The van der Waals surface area contributed by atoms with E-state index in [2.05, 4.69) is 0 Å². The van der Waals surface area contributed by atoms with Gasteiger partial charge in [0.2, 0.25) is 0 Å². The Kier molecular flexibility index (Phi) is 10.7. The molecular weight excluding hydrogens is 463 g/mol. The van der Waals surface area contributed by atoms with Crippen LogP contribution in [0.25, 0.3) is 0 Å². The topological polar surface area (TPSA) is 57.2 Å². The summed E-state index contributed by atoms with van der Waals surface area (Å²) in [4.78, 5) is 13.4. The summed E-state index contributed by atoms with van der Waals surface area (Å²) in [5.41, 5.74) is -0.275. The van der Waals surface area contributed by atoms with Gasteiger partial charge in [-0.3, -0.25) is 4.90 Å². The lowest BCUT2D eigenvalue weighted by Crippen LogP contribution is -2.39. The van der Waals surface area contributed by atoms with Crippen LogP contribution in [0.1, 0.15) is 32.8 Å². The Morgan fingerprint density at radius 2 is 1.51 bits per heavy atom. The standard InChI is InChI=1S/C26H34F3NO5/c1-5-33-24(31)25(2,3)35-23-9-7-20(8-10-23)15-17-30(19-26(27,28)29)16-6-18-34-22-13-11-21(32-4)12-14-22/h7-14H,5-6,15-19H2,1-4H3. The summed E-state index contributed by atoms with van der Waals surface area (Å²) in [5, 5.41) is 0. The molecule has 0 radical (unpaired) electrons. The molecule has 0 saturated carbocycles. The van der Waals surface area contributed by atoms with Crippen molar-refractivity contribution in [3.05, 3.63) is 54.1 Å². The average molecular weight is 498 g/mol. The Morgan fingerprint density at radius 1 is 0.914 bits per heavy atom. The molecule has 2 rings (SSSR count). The van der Waals surface area contributed by atoms with Gasteiger partial charge in [-0.15, -0.1) is 0 Å². The Bertz CT molecular complexity index is 899. The molecule has 0 unspecified atom stereocenters. The van der Waals surface area contributed by atoms with Crippen LogP contribution in [0.15, 0.2) is 48.5 Å². The number of benzene rings is 2. The van der Waals surface area contributed by atoms with Gasteiger partial charge >= 0.3 is 12.1 Å². The number of hydrogen-bond acceptors (Lipinski definition) is 6. The van der Waals surface area contributed by atoms with Crippen molar-refractivity contribution in [2.45, 2.75) is 45.4 Å². The summed E-state index contributed by atoms with van der Waals surface area (Å²) < 4.78 is 60.6. The highest BCUT2D eigenvalue weighted by atomic mass is 19.4. The maximum atomic E-state index is 13.1. The average Bonchev–Trinajstić information content (AvgIpc) is 2.80. The van der Waals surface area contributed by atoms with Crippen LogP contribution >= 0.6 is 0 Å². The van der Waals surface area contributed by atoms with Gasteiger partial charge in [-0.2, -0.15) is 13.2 Å². The van der Waals surface area contributed by atoms with Crippen molar-refractivity contribution in [1.82, 2.24) is 4.90 Å². The Hall–Kier alpha value is -2.94. The molecule has 0 saturated heterocycles. The van der Waals surface area contributed by atoms with E-state index in [1.54, 1.807) is 76.4 Å². The lowest BCUT2D eigenvalue weighted by atomic mass is 10.1. The van der Waals surface area contributed by atoms with E-state index < -0.39 is 24.3 Å². The molecule has 0 aliphatic rings. The number of halogens is 3. The van der Waals surface area contributed by atoms with E-state index in [4.69, 9.17) is 18.9 Å². The number of carbonyl (C=O) groups is 1. The number of carbonyl (C=O) groups excluding carboxylic acids is 1. The van der Waals surface area contributed by atoms with Crippen molar-refractivity contribution < 1.29 is 36.9 Å². The summed E-state index contributed by atoms with van der Waals surface area (Å²) in [6.45, 7) is 5.04. The highest BCUT2D eigenvalue weighted by Crippen LogP contribution is 2.22. The van der Waals surface area contributed by atoms with Gasteiger partial charge in [-0.05, 0) is 75.6 Å². The van der Waals surface area contributed by atoms with Crippen LogP contribution in [-0.2, 0) is 16.0 Å². The summed E-state index contributed by atoms with van der Waals surface area (Å²) in [6, 6.07) is 14.0. The van der Waals surface area contributed by atoms with Gasteiger partial charge in [0, 0.05) is 13.1 Å². The van der Waals surface area contributed by atoms with E-state index in [0.29, 0.717) is 36.7 Å². The second-order valence-electron chi connectivity index (χ2n) is 8.50. The highest BCUT2D eigenvalue weighted by Gasteiger charge is 2.32. The van der Waals surface area contributed by atoms with Crippen molar-refractivity contribution in [2.24, 2.45) is 0 Å². The van der Waals surface area contributed by atoms with E-state index in [1.807, 2.05) is 0 Å². The van der Waals surface area contributed by atoms with Crippen LogP contribution in [-0.4, -0.2) is 62.6 Å². The summed E-state index contributed by atoms with van der Waals surface area (Å²) >= 11 is 0. The minimum Gasteiger partial charge on any atom is -0.497 e. The molecule has 0 bridgehead atoms. The van der Waals surface area contributed by atoms with Crippen LogP contribution in [0.4, 0.5) is 13.2 Å². The molecule has 0 N–H and O–H groups in total. The third-order valence-electron chi connectivity index (χ3n) is 5.13. The summed E-state index contributed by atoms with van der Waals surface area (Å²) in [6.07, 6.45) is -3.39. The number of alkyl halides is 3. The largest absolute Gasteiger partial charge is 0.497 e. The van der Waals surface area contributed by atoms with Crippen molar-refractivity contribution in [2.75, 3.05) is 40.0 Å². The number of hydrogen-bond donors (Lipinski definition) is 0. The fourth-order valence-electron chi connectivity index (χ4n) is 3.33. The molecular formula is C26H34F3NO5. The number of nitrogens with zero attached hydrogens (tertiary/aromatic N) is 1. The Labute approximate surface area is 204 Å². The molecule has 6 nitrogen and oxygen atoms in total. The zero-order valence-corrected chi connectivity index (χ0v) is 20.7. The minimum absolute atomic E-state index is 0.247. The molecule has 194 valence electrons. The smallest absolute Gasteiger partial charge is 0.401 e. The van der Waals surface area contributed by atoms with E-state index in [0.717, 1.165) is 5.56 Å². The van der Waals surface area contributed by atoms with Gasteiger partial charge in [0.05, 0.1) is 26.9 Å². The van der Waals surface area contributed by atoms with Crippen LogP contribution in [0.2, 0.25) is 0 Å². The molecule has 0 fully saturated rings. The zero-order chi connectivity index (χ0) is 25.9. The SMILES string of the molecule is CCOC(=O)C(C)(C)Oc1ccc(CCN(CCCOc2ccc(OC)cc2)CC(F)(F)F)cc1. The molecule has 9 heteroatoms. The van der Waals surface area contributed by atoms with Gasteiger partial charge in [0.25, 0.3) is 0 Å². The minimum atomic E-state index is -4.28. The van der Waals surface area contributed by atoms with E-state index in [-0.39, 0.29) is 19.7 Å². The number of methoxy groups -OCH3 is 1. The molecule has 0 amide bonds. The second-order valence-corrected chi connectivity index (χ2v) is 8.50. The predicted octanol–water partition coefficient (Wildman–Crippen LogP) is 5.29. The van der Waals surface area contributed by atoms with Crippen LogP contribution in [0.3, 0.4) is 0 Å². The molecule has 2 aromatic rings. The molecule has 0 aliphatic heterocycles. The first-order valence-electron chi connectivity index (χ1n) is 11.5. The first-order chi connectivity index (χ1) is 16.5. The highest BCUT2D eigenvalue weighted by molar-refractivity contribution is 5.79. The van der Waals surface area contributed by atoms with Gasteiger partial charge < -0.3 is 18.9 Å².